The van der Waals surface area contributed by atoms with Crippen molar-refractivity contribution in [3.63, 3.8) is 0 Å². The average Bonchev–Trinajstić information content (AvgIpc) is 2.83. The van der Waals surface area contributed by atoms with E-state index in [1.54, 1.807) is 11.6 Å². The highest BCUT2D eigenvalue weighted by atomic mass is 32.1. The largest absolute Gasteiger partial charge is 0.302 e. The molecule has 6 heteroatoms. The highest BCUT2D eigenvalue weighted by Crippen LogP contribution is 2.14. The van der Waals surface area contributed by atoms with Crippen LogP contribution in [0.1, 0.15) is 12.0 Å². The zero-order chi connectivity index (χ0) is 13.0. The smallest absolute Gasteiger partial charge is 0.226 e. The van der Waals surface area contributed by atoms with Gasteiger partial charge in [-0.15, -0.1) is 11.3 Å². The normalized spacial score (nSPS) is 10.3. The molecule has 2 aromatic rings. The predicted octanol–water partition coefficient (Wildman–Crippen LogP) is 2.99. The molecule has 0 spiro atoms. The van der Waals surface area contributed by atoms with Gasteiger partial charge in [0.2, 0.25) is 5.91 Å². The Kier molecular flexibility index (Phi) is 3.99. The maximum atomic E-state index is 13.3. The lowest BCUT2D eigenvalue weighted by Gasteiger charge is -2.03. The van der Waals surface area contributed by atoms with Crippen LogP contribution in [-0.4, -0.2) is 10.9 Å². The maximum absolute atomic E-state index is 13.3. The molecule has 0 aliphatic rings. The molecule has 1 amide bonds. The molecule has 0 saturated carbocycles. The van der Waals surface area contributed by atoms with Gasteiger partial charge in [-0.2, -0.15) is 0 Å². The lowest BCUT2D eigenvalue weighted by molar-refractivity contribution is -0.116. The minimum absolute atomic E-state index is 0.0833. The molecule has 0 fully saturated rings. The molecule has 18 heavy (non-hydrogen) atoms. The Morgan fingerprint density at radius 1 is 1.39 bits per heavy atom. The van der Waals surface area contributed by atoms with Crippen molar-refractivity contribution >= 4 is 22.4 Å². The van der Waals surface area contributed by atoms with Crippen LogP contribution in [0.4, 0.5) is 13.9 Å². The Hall–Kier alpha value is -1.82. The third-order valence-electron chi connectivity index (χ3n) is 2.31. The van der Waals surface area contributed by atoms with Gasteiger partial charge in [-0.05, 0) is 30.2 Å². The topological polar surface area (TPSA) is 42.0 Å². The van der Waals surface area contributed by atoms with Gasteiger partial charge >= 0.3 is 0 Å². The van der Waals surface area contributed by atoms with Crippen molar-refractivity contribution in [1.82, 2.24) is 4.98 Å². The van der Waals surface area contributed by atoms with E-state index in [1.165, 1.54) is 11.3 Å². The van der Waals surface area contributed by atoms with E-state index in [1.807, 2.05) is 0 Å². The van der Waals surface area contributed by atoms with Gasteiger partial charge in [-0.25, -0.2) is 13.8 Å². The van der Waals surface area contributed by atoms with E-state index in [4.69, 9.17) is 0 Å². The summed E-state index contributed by atoms with van der Waals surface area (Å²) in [4.78, 5) is 15.4. The van der Waals surface area contributed by atoms with E-state index in [0.717, 1.165) is 18.2 Å². The van der Waals surface area contributed by atoms with Gasteiger partial charge in [-0.1, -0.05) is 0 Å². The lowest BCUT2D eigenvalue weighted by Crippen LogP contribution is -2.12. The van der Waals surface area contributed by atoms with Crippen molar-refractivity contribution in [2.45, 2.75) is 12.8 Å². The Morgan fingerprint density at radius 2 is 2.22 bits per heavy atom. The second-order valence-corrected chi connectivity index (χ2v) is 4.52. The third-order valence-corrected chi connectivity index (χ3v) is 3.00. The summed E-state index contributed by atoms with van der Waals surface area (Å²) in [5.41, 5.74) is 0.198. The molecule has 2 rings (SSSR count). The number of hydrogen-bond acceptors (Lipinski definition) is 3. The minimum Gasteiger partial charge on any atom is -0.302 e. The second kappa shape index (κ2) is 5.68. The highest BCUT2D eigenvalue weighted by molar-refractivity contribution is 7.13. The quantitative estimate of drug-likeness (QED) is 0.926. The number of hydrogen-bond donors (Lipinski definition) is 1. The van der Waals surface area contributed by atoms with Gasteiger partial charge in [0, 0.05) is 18.0 Å². The summed E-state index contributed by atoms with van der Waals surface area (Å²) in [6, 6.07) is 3.21. The number of carbonyl (C=O) groups is 1. The Labute approximate surface area is 106 Å². The van der Waals surface area contributed by atoms with Crippen LogP contribution < -0.4 is 5.32 Å². The van der Waals surface area contributed by atoms with Crippen molar-refractivity contribution in [2.75, 3.05) is 5.32 Å². The van der Waals surface area contributed by atoms with Crippen LogP contribution in [0, 0.1) is 11.6 Å². The van der Waals surface area contributed by atoms with Crippen LogP contribution in [0.15, 0.2) is 29.8 Å². The highest BCUT2D eigenvalue weighted by Gasteiger charge is 2.08. The SMILES string of the molecule is O=C(CCc1cc(F)ccc1F)Nc1nccs1. The first-order valence-electron chi connectivity index (χ1n) is 5.28. The number of anilines is 1. The van der Waals surface area contributed by atoms with Gasteiger partial charge < -0.3 is 5.32 Å². The number of benzene rings is 1. The van der Waals surface area contributed by atoms with Gasteiger partial charge in [0.25, 0.3) is 0 Å². The molecule has 1 heterocycles. The summed E-state index contributed by atoms with van der Waals surface area (Å²) in [6.45, 7) is 0. The lowest BCUT2D eigenvalue weighted by atomic mass is 10.1. The van der Waals surface area contributed by atoms with E-state index in [9.17, 15) is 13.6 Å². The molecule has 0 aliphatic heterocycles. The number of rotatable bonds is 4. The van der Waals surface area contributed by atoms with E-state index in [2.05, 4.69) is 10.3 Å². The second-order valence-electron chi connectivity index (χ2n) is 3.62. The summed E-state index contributed by atoms with van der Waals surface area (Å²) >= 11 is 1.30. The molecular weight excluding hydrogens is 258 g/mol. The van der Waals surface area contributed by atoms with Crippen LogP contribution in [0.2, 0.25) is 0 Å². The summed E-state index contributed by atoms with van der Waals surface area (Å²) in [6.07, 6.45) is 1.81. The number of thiazole rings is 1. The number of aromatic nitrogens is 1. The molecule has 3 nitrogen and oxygen atoms in total. The minimum atomic E-state index is -0.508. The number of carbonyl (C=O) groups excluding carboxylic acids is 1. The van der Waals surface area contributed by atoms with Crippen molar-refractivity contribution in [2.24, 2.45) is 0 Å². The molecular formula is C12H10F2N2OS. The molecule has 1 aromatic carbocycles. The molecule has 94 valence electrons. The fourth-order valence-electron chi connectivity index (χ4n) is 1.45. The molecule has 0 bridgehead atoms. The first-order valence-corrected chi connectivity index (χ1v) is 6.16. The number of amides is 1. The molecule has 1 aromatic heterocycles. The van der Waals surface area contributed by atoms with E-state index in [-0.39, 0.29) is 24.3 Å². The summed E-state index contributed by atoms with van der Waals surface area (Å²) in [5.74, 6) is -1.28. The zero-order valence-electron chi connectivity index (χ0n) is 9.32. The third kappa shape index (κ3) is 3.33. The molecule has 0 unspecified atom stereocenters. The Bertz CT molecular complexity index is 543. The van der Waals surface area contributed by atoms with Crippen LogP contribution in [-0.2, 0) is 11.2 Å². The fraction of sp³-hybridized carbons (Fsp3) is 0.167. The zero-order valence-corrected chi connectivity index (χ0v) is 10.1. The first-order chi connectivity index (χ1) is 8.65. The van der Waals surface area contributed by atoms with Gasteiger partial charge in [-0.3, -0.25) is 4.79 Å². The van der Waals surface area contributed by atoms with Crippen molar-refractivity contribution in [1.29, 1.82) is 0 Å². The number of aryl methyl sites for hydroxylation is 1. The Balaban J connectivity index is 1.91. The van der Waals surface area contributed by atoms with Crippen LogP contribution in [0.25, 0.3) is 0 Å². The monoisotopic (exact) mass is 268 g/mol. The van der Waals surface area contributed by atoms with E-state index in [0.29, 0.717) is 5.13 Å². The van der Waals surface area contributed by atoms with Gasteiger partial charge in [0.1, 0.15) is 11.6 Å². The standard InChI is InChI=1S/C12H10F2N2OS/c13-9-2-3-10(14)8(7-9)1-4-11(17)16-12-15-5-6-18-12/h2-3,5-7H,1,4H2,(H,15,16,17). The van der Waals surface area contributed by atoms with Crippen LogP contribution >= 0.6 is 11.3 Å². The van der Waals surface area contributed by atoms with E-state index < -0.39 is 11.6 Å². The number of nitrogens with one attached hydrogen (secondary N) is 1. The van der Waals surface area contributed by atoms with Gasteiger partial charge in [0.15, 0.2) is 5.13 Å². The molecule has 1 N–H and O–H groups in total. The first kappa shape index (κ1) is 12.6. The van der Waals surface area contributed by atoms with Crippen molar-refractivity contribution < 1.29 is 13.6 Å². The number of halogens is 2. The molecule has 0 atom stereocenters. The van der Waals surface area contributed by atoms with Crippen LogP contribution in [0.3, 0.4) is 0 Å². The Morgan fingerprint density at radius 3 is 2.94 bits per heavy atom. The number of nitrogens with zero attached hydrogens (tertiary/aromatic N) is 1. The van der Waals surface area contributed by atoms with Crippen molar-refractivity contribution in [3.05, 3.63) is 47.0 Å². The van der Waals surface area contributed by atoms with Crippen LogP contribution in [0.5, 0.6) is 0 Å². The summed E-state index contributed by atoms with van der Waals surface area (Å²) in [5, 5.41) is 4.82. The van der Waals surface area contributed by atoms with Crippen molar-refractivity contribution in [3.8, 4) is 0 Å². The summed E-state index contributed by atoms with van der Waals surface area (Å²) in [7, 11) is 0. The predicted molar refractivity (Wildman–Crippen MR) is 65.4 cm³/mol. The average molecular weight is 268 g/mol. The van der Waals surface area contributed by atoms with Gasteiger partial charge in [0.05, 0.1) is 0 Å². The molecule has 0 radical (unpaired) electrons. The molecule has 0 saturated heterocycles. The summed E-state index contributed by atoms with van der Waals surface area (Å²) < 4.78 is 26.2. The maximum Gasteiger partial charge on any atom is 0.226 e. The molecule has 0 aliphatic carbocycles. The van der Waals surface area contributed by atoms with E-state index >= 15 is 0 Å². The fourth-order valence-corrected chi connectivity index (χ4v) is 2.00.